The van der Waals surface area contributed by atoms with E-state index in [4.69, 9.17) is 0 Å². The molecular formula is C4H7N3OS. The van der Waals surface area contributed by atoms with Crippen LogP contribution >= 0.6 is 12.6 Å². The molecule has 0 atom stereocenters. The van der Waals surface area contributed by atoms with Crippen LogP contribution in [0, 0.1) is 0 Å². The van der Waals surface area contributed by atoms with Gasteiger partial charge in [0, 0.05) is 0 Å². The zero-order valence-corrected chi connectivity index (χ0v) is 5.64. The van der Waals surface area contributed by atoms with Crippen molar-refractivity contribution in [1.29, 1.82) is 0 Å². The highest BCUT2D eigenvalue weighted by atomic mass is 32.1. The zero-order valence-electron chi connectivity index (χ0n) is 4.74. The molecule has 0 aromatic heterocycles. The van der Waals surface area contributed by atoms with Crippen molar-refractivity contribution in [3.63, 3.8) is 0 Å². The van der Waals surface area contributed by atoms with E-state index in [0.717, 1.165) is 13.1 Å². The molecule has 0 aliphatic carbocycles. The number of hydrazine groups is 1. The summed E-state index contributed by atoms with van der Waals surface area (Å²) in [6.07, 6.45) is 1.58. The predicted molar refractivity (Wildman–Crippen MR) is 37.6 cm³/mol. The van der Waals surface area contributed by atoms with Crippen molar-refractivity contribution in [3.8, 4) is 0 Å². The third-order valence-corrected chi connectivity index (χ3v) is 1.03. The van der Waals surface area contributed by atoms with E-state index < -0.39 is 0 Å². The van der Waals surface area contributed by atoms with Gasteiger partial charge in [-0.25, -0.2) is 0 Å². The first kappa shape index (κ1) is 6.41. The number of nitrogens with one attached hydrogen (secondary N) is 1. The van der Waals surface area contributed by atoms with Gasteiger partial charge in [0.2, 0.25) is 0 Å². The largest absolute Gasteiger partial charge is 0.294 e. The Labute approximate surface area is 58.3 Å². The SMILES string of the molecule is O=C(S)NN1C=NCC1. The van der Waals surface area contributed by atoms with Crippen LogP contribution in [0.4, 0.5) is 4.79 Å². The first-order chi connectivity index (χ1) is 4.29. The Balaban J connectivity index is 2.28. The van der Waals surface area contributed by atoms with Gasteiger partial charge in [-0.05, 0) is 0 Å². The maximum absolute atomic E-state index is 10.2. The summed E-state index contributed by atoms with van der Waals surface area (Å²) < 4.78 is 0. The van der Waals surface area contributed by atoms with E-state index in [9.17, 15) is 4.79 Å². The first-order valence-corrected chi connectivity index (χ1v) is 3.00. The van der Waals surface area contributed by atoms with Gasteiger partial charge in [-0.15, -0.1) is 0 Å². The number of carbonyl (C=O) groups excluding carboxylic acids is 1. The van der Waals surface area contributed by atoms with Crippen molar-refractivity contribution in [1.82, 2.24) is 10.4 Å². The highest BCUT2D eigenvalue weighted by Gasteiger charge is 2.04. The van der Waals surface area contributed by atoms with Gasteiger partial charge in [0.05, 0.1) is 13.1 Å². The second kappa shape index (κ2) is 2.72. The maximum Gasteiger partial charge on any atom is 0.294 e. The van der Waals surface area contributed by atoms with E-state index in [-0.39, 0.29) is 5.24 Å². The van der Waals surface area contributed by atoms with Gasteiger partial charge < -0.3 is 0 Å². The molecule has 0 aromatic rings. The van der Waals surface area contributed by atoms with E-state index in [0.29, 0.717) is 0 Å². The summed E-state index contributed by atoms with van der Waals surface area (Å²) in [6.45, 7) is 1.49. The average molecular weight is 145 g/mol. The number of hydrogen-bond acceptors (Lipinski definition) is 3. The lowest BCUT2D eigenvalue weighted by Crippen LogP contribution is -2.36. The first-order valence-electron chi connectivity index (χ1n) is 2.55. The lowest BCUT2D eigenvalue weighted by Gasteiger charge is -2.11. The monoisotopic (exact) mass is 145 g/mol. The van der Waals surface area contributed by atoms with Crippen molar-refractivity contribution >= 4 is 24.2 Å². The van der Waals surface area contributed by atoms with Crippen molar-refractivity contribution < 1.29 is 4.79 Å². The topological polar surface area (TPSA) is 44.7 Å². The predicted octanol–water partition coefficient (Wildman–Crippen LogP) is -0.115. The second-order valence-electron chi connectivity index (χ2n) is 1.63. The van der Waals surface area contributed by atoms with Crippen molar-refractivity contribution in [2.75, 3.05) is 13.1 Å². The molecule has 0 unspecified atom stereocenters. The van der Waals surface area contributed by atoms with Gasteiger partial charge in [0.1, 0.15) is 6.34 Å². The molecule has 9 heavy (non-hydrogen) atoms. The number of rotatable bonds is 1. The van der Waals surface area contributed by atoms with Crippen LogP contribution in [0.25, 0.3) is 0 Å². The van der Waals surface area contributed by atoms with E-state index in [2.05, 4.69) is 23.0 Å². The van der Waals surface area contributed by atoms with Crippen LogP contribution < -0.4 is 5.43 Å². The third kappa shape index (κ3) is 1.93. The molecule has 0 saturated carbocycles. The highest BCUT2D eigenvalue weighted by molar-refractivity contribution is 7.96. The molecule has 1 aliphatic rings. The van der Waals surface area contributed by atoms with Crippen LogP contribution in [0.15, 0.2) is 4.99 Å². The molecule has 50 valence electrons. The Morgan fingerprint density at radius 2 is 2.67 bits per heavy atom. The molecule has 4 nitrogen and oxygen atoms in total. The fourth-order valence-electron chi connectivity index (χ4n) is 0.587. The fraction of sp³-hybridized carbons (Fsp3) is 0.500. The van der Waals surface area contributed by atoms with Crippen LogP contribution in [0.3, 0.4) is 0 Å². The summed E-state index contributed by atoms with van der Waals surface area (Å²) >= 11 is 3.52. The average Bonchev–Trinajstić information content (AvgIpc) is 2.15. The molecule has 0 radical (unpaired) electrons. The second-order valence-corrected chi connectivity index (χ2v) is 2.04. The maximum atomic E-state index is 10.2. The molecule has 0 aromatic carbocycles. The summed E-state index contributed by atoms with van der Waals surface area (Å²) in [5, 5.41) is 1.23. The van der Waals surface area contributed by atoms with Crippen LogP contribution in [0.2, 0.25) is 0 Å². The molecule has 1 rings (SSSR count). The standard InChI is InChI=1S/C4H7N3OS/c8-4(9)6-7-2-1-5-3-7/h3H,1-2H2,(H2,6,8,9). The van der Waals surface area contributed by atoms with E-state index >= 15 is 0 Å². The minimum absolute atomic E-state index is 0.358. The summed E-state index contributed by atoms with van der Waals surface area (Å²) in [7, 11) is 0. The molecule has 1 N–H and O–H groups in total. The Hall–Kier alpha value is -0.710. The van der Waals surface area contributed by atoms with Gasteiger partial charge in [-0.1, -0.05) is 12.6 Å². The molecule has 0 fully saturated rings. The lowest BCUT2D eigenvalue weighted by atomic mass is 10.7. The van der Waals surface area contributed by atoms with Gasteiger partial charge in [-0.3, -0.25) is 20.2 Å². The Kier molecular flexibility index (Phi) is 1.94. The van der Waals surface area contributed by atoms with E-state index in [1.54, 1.807) is 11.3 Å². The number of carbonyl (C=O) groups is 1. The Morgan fingerprint density at radius 3 is 3.11 bits per heavy atom. The number of thiol groups is 1. The summed E-state index contributed by atoms with van der Waals surface area (Å²) in [4.78, 5) is 14.1. The molecule has 1 aliphatic heterocycles. The van der Waals surface area contributed by atoms with Crippen LogP contribution in [0.5, 0.6) is 0 Å². The van der Waals surface area contributed by atoms with Gasteiger partial charge >= 0.3 is 0 Å². The van der Waals surface area contributed by atoms with Crippen LogP contribution in [-0.2, 0) is 0 Å². The smallest absolute Gasteiger partial charge is 0.272 e. The number of amides is 1. The Morgan fingerprint density at radius 1 is 1.89 bits per heavy atom. The fourth-order valence-corrected chi connectivity index (χ4v) is 0.716. The van der Waals surface area contributed by atoms with Crippen LogP contribution in [0.1, 0.15) is 0 Å². The lowest BCUT2D eigenvalue weighted by molar-refractivity contribution is 0.243. The number of nitrogens with zero attached hydrogens (tertiary/aromatic N) is 2. The summed E-state index contributed by atoms with van der Waals surface area (Å²) in [6, 6.07) is 0. The third-order valence-electron chi connectivity index (χ3n) is 0.930. The van der Waals surface area contributed by atoms with Gasteiger partial charge in [0.15, 0.2) is 0 Å². The normalized spacial score (nSPS) is 16.3. The molecule has 0 bridgehead atoms. The molecule has 0 spiro atoms. The molecule has 0 saturated heterocycles. The molecule has 1 heterocycles. The minimum atomic E-state index is -0.358. The zero-order chi connectivity index (χ0) is 6.69. The molecular weight excluding hydrogens is 138 g/mol. The number of hydrogen-bond donors (Lipinski definition) is 2. The van der Waals surface area contributed by atoms with Crippen molar-refractivity contribution in [3.05, 3.63) is 0 Å². The number of aliphatic imine (C=N–C) groups is 1. The molecule has 1 amide bonds. The van der Waals surface area contributed by atoms with Gasteiger partial charge in [0.25, 0.3) is 5.24 Å². The minimum Gasteiger partial charge on any atom is -0.272 e. The van der Waals surface area contributed by atoms with Gasteiger partial charge in [-0.2, -0.15) is 0 Å². The van der Waals surface area contributed by atoms with Crippen molar-refractivity contribution in [2.24, 2.45) is 4.99 Å². The van der Waals surface area contributed by atoms with E-state index in [1.807, 2.05) is 0 Å². The molecule has 5 heteroatoms. The van der Waals surface area contributed by atoms with Crippen molar-refractivity contribution in [2.45, 2.75) is 0 Å². The van der Waals surface area contributed by atoms with E-state index in [1.165, 1.54) is 0 Å². The quantitative estimate of drug-likeness (QED) is 0.505. The highest BCUT2D eigenvalue weighted by Crippen LogP contribution is 1.88. The van der Waals surface area contributed by atoms with Crippen LogP contribution in [-0.4, -0.2) is 29.7 Å². The summed E-state index contributed by atoms with van der Waals surface area (Å²) in [5.41, 5.74) is 2.45. The Bertz CT molecular complexity index is 147. The summed E-state index contributed by atoms with van der Waals surface area (Å²) in [5.74, 6) is 0.